The monoisotopic (exact) mass is 407 g/mol. The van der Waals surface area contributed by atoms with E-state index in [4.69, 9.17) is 28.5 Å². The molecule has 1 atom stereocenters. The lowest BCUT2D eigenvalue weighted by Crippen LogP contribution is -2.32. The lowest BCUT2D eigenvalue weighted by molar-refractivity contribution is 0.0744. The number of Topliss-reactive ketones (excluding diaryl/α,β-unsaturated/α-hetero) is 1. The van der Waals surface area contributed by atoms with Crippen LogP contribution in [0.3, 0.4) is 0 Å². The Labute approximate surface area is 175 Å². The van der Waals surface area contributed by atoms with Crippen LogP contribution in [0.4, 0.5) is 0 Å². The fourth-order valence-electron chi connectivity index (χ4n) is 4.58. The first-order chi connectivity index (χ1) is 13.4. The Morgan fingerprint density at radius 1 is 1.04 bits per heavy atom. The third kappa shape index (κ3) is 3.12. The number of hydrogen-bond acceptors (Lipinski definition) is 2. The van der Waals surface area contributed by atoms with Crippen LogP contribution in [0.25, 0.3) is 0 Å². The molecule has 0 aromatic heterocycles. The minimum absolute atomic E-state index is 0.132. The third-order valence-electron chi connectivity index (χ3n) is 6.20. The molecule has 0 aliphatic heterocycles. The molecule has 4 rings (SSSR count). The van der Waals surface area contributed by atoms with Crippen molar-refractivity contribution in [2.75, 3.05) is 0 Å². The second-order valence-corrected chi connectivity index (χ2v) is 8.69. The zero-order valence-electron chi connectivity index (χ0n) is 15.6. The quantitative estimate of drug-likeness (QED) is 0.527. The molecule has 1 unspecified atom stereocenters. The molecule has 0 spiro atoms. The Bertz CT molecular complexity index is 1060. The van der Waals surface area contributed by atoms with Gasteiger partial charge >= 0.3 is 0 Å². The summed E-state index contributed by atoms with van der Waals surface area (Å²) in [4.78, 5) is 13.2. The number of fused-ring (bicyclic) bond motifs is 1. The number of rotatable bonds is 1. The average molecular weight is 408 g/mol. The molecular weight excluding hydrogens is 389 g/mol. The molecule has 0 heterocycles. The number of halogens is 2. The normalized spacial score (nSPS) is 21.1. The summed E-state index contributed by atoms with van der Waals surface area (Å²) in [6, 6.07) is 11.1. The Morgan fingerprint density at radius 2 is 1.68 bits per heavy atom. The van der Waals surface area contributed by atoms with Gasteiger partial charge in [0, 0.05) is 22.1 Å². The zero-order valence-corrected chi connectivity index (χ0v) is 17.1. The number of carbonyl (C=O) groups excluding carboxylic acids is 1. The molecular formula is C24H19Cl2NO. The third-order valence-corrected chi connectivity index (χ3v) is 7.07. The minimum atomic E-state index is -0.384. The molecule has 2 aliphatic carbocycles. The number of nitriles is 1. The number of nitrogens with zero attached hydrogens (tertiary/aromatic N) is 1. The van der Waals surface area contributed by atoms with Gasteiger partial charge < -0.3 is 0 Å². The minimum Gasteiger partial charge on any atom is -0.293 e. The van der Waals surface area contributed by atoms with Crippen LogP contribution in [0.5, 0.6) is 0 Å². The van der Waals surface area contributed by atoms with Crippen LogP contribution in [-0.4, -0.2) is 5.78 Å². The summed E-state index contributed by atoms with van der Waals surface area (Å²) in [7, 11) is 0. The van der Waals surface area contributed by atoms with Gasteiger partial charge in [0.15, 0.2) is 5.78 Å². The van der Waals surface area contributed by atoms with Crippen LogP contribution in [0.1, 0.15) is 65.2 Å². The topological polar surface area (TPSA) is 40.9 Å². The summed E-state index contributed by atoms with van der Waals surface area (Å²) >= 11 is 13.0. The van der Waals surface area contributed by atoms with E-state index in [0.717, 1.165) is 24.0 Å². The van der Waals surface area contributed by atoms with Crippen molar-refractivity contribution < 1.29 is 4.79 Å². The van der Waals surface area contributed by atoms with Crippen molar-refractivity contribution in [2.45, 2.75) is 39.0 Å². The van der Waals surface area contributed by atoms with E-state index in [0.29, 0.717) is 39.1 Å². The molecule has 2 aromatic rings. The summed E-state index contributed by atoms with van der Waals surface area (Å²) in [5.74, 6) is 6.70. The summed E-state index contributed by atoms with van der Waals surface area (Å²) in [5.41, 5.74) is 3.18. The van der Waals surface area contributed by atoms with Gasteiger partial charge in [-0.3, -0.25) is 4.79 Å². The average Bonchev–Trinajstić information content (AvgIpc) is 3.32. The van der Waals surface area contributed by atoms with E-state index in [1.54, 1.807) is 24.3 Å². The van der Waals surface area contributed by atoms with Crippen LogP contribution in [0, 0.1) is 34.5 Å². The van der Waals surface area contributed by atoms with Crippen LogP contribution < -0.4 is 0 Å². The Hall–Kier alpha value is -2.26. The molecule has 28 heavy (non-hydrogen) atoms. The van der Waals surface area contributed by atoms with Gasteiger partial charge in [-0.15, -0.1) is 0 Å². The van der Waals surface area contributed by atoms with Crippen molar-refractivity contribution >= 4 is 29.0 Å². The molecule has 0 amide bonds. The summed E-state index contributed by atoms with van der Waals surface area (Å²) in [6.45, 7) is 2.08. The highest BCUT2D eigenvalue weighted by Crippen LogP contribution is 2.51. The molecule has 0 bridgehead atoms. The smallest absolute Gasteiger partial charge is 0.171 e. The highest BCUT2D eigenvalue weighted by Gasteiger charge is 2.49. The van der Waals surface area contributed by atoms with E-state index in [-0.39, 0.29) is 11.2 Å². The molecule has 2 aromatic carbocycles. The van der Waals surface area contributed by atoms with Gasteiger partial charge in [-0.1, -0.05) is 54.8 Å². The van der Waals surface area contributed by atoms with Gasteiger partial charge in [-0.2, -0.15) is 5.26 Å². The lowest BCUT2D eigenvalue weighted by Gasteiger charge is -2.29. The molecule has 2 aliphatic rings. The maximum absolute atomic E-state index is 13.2. The number of ketones is 1. The lowest BCUT2D eigenvalue weighted by atomic mass is 9.73. The van der Waals surface area contributed by atoms with Gasteiger partial charge in [0.2, 0.25) is 0 Å². The van der Waals surface area contributed by atoms with Gasteiger partial charge in [0.05, 0.1) is 21.7 Å². The van der Waals surface area contributed by atoms with Crippen molar-refractivity contribution in [3.63, 3.8) is 0 Å². The predicted octanol–water partition coefficient (Wildman–Crippen LogP) is 6.20. The Morgan fingerprint density at radius 3 is 2.32 bits per heavy atom. The molecule has 0 saturated heterocycles. The molecule has 140 valence electrons. The van der Waals surface area contributed by atoms with Crippen LogP contribution in [0.2, 0.25) is 10.0 Å². The fraction of sp³-hybridized carbons (Fsp3) is 0.333. The number of benzene rings is 2. The summed E-state index contributed by atoms with van der Waals surface area (Å²) in [6.07, 6.45) is 5.30. The van der Waals surface area contributed by atoms with E-state index in [1.807, 2.05) is 6.07 Å². The van der Waals surface area contributed by atoms with Crippen LogP contribution in [-0.2, 0) is 6.42 Å². The molecule has 1 fully saturated rings. The van der Waals surface area contributed by atoms with E-state index in [2.05, 4.69) is 24.8 Å². The van der Waals surface area contributed by atoms with Gasteiger partial charge in [0.1, 0.15) is 0 Å². The SMILES string of the molecule is CC1(C2CCCC2)Cc2cc(C#Cc3ccc(C#N)cc3)c(Cl)c(Cl)c2C1=O. The highest BCUT2D eigenvalue weighted by molar-refractivity contribution is 6.45. The van der Waals surface area contributed by atoms with Crippen LogP contribution in [0.15, 0.2) is 30.3 Å². The second kappa shape index (κ2) is 7.29. The number of carbonyl (C=O) groups is 1. The van der Waals surface area contributed by atoms with Gasteiger partial charge in [-0.05, 0) is 61.1 Å². The first kappa shape index (κ1) is 19.1. The molecule has 2 nitrogen and oxygen atoms in total. The first-order valence-electron chi connectivity index (χ1n) is 9.52. The summed E-state index contributed by atoms with van der Waals surface area (Å²) < 4.78 is 0. The molecule has 0 N–H and O–H groups in total. The molecule has 1 saturated carbocycles. The van der Waals surface area contributed by atoms with E-state index in [9.17, 15) is 4.79 Å². The van der Waals surface area contributed by atoms with Crippen molar-refractivity contribution in [1.29, 1.82) is 5.26 Å². The van der Waals surface area contributed by atoms with Crippen molar-refractivity contribution in [2.24, 2.45) is 11.3 Å². The van der Waals surface area contributed by atoms with Crippen molar-refractivity contribution in [1.82, 2.24) is 0 Å². The van der Waals surface area contributed by atoms with Gasteiger partial charge in [0.25, 0.3) is 0 Å². The van der Waals surface area contributed by atoms with E-state index < -0.39 is 0 Å². The van der Waals surface area contributed by atoms with E-state index in [1.165, 1.54) is 12.8 Å². The van der Waals surface area contributed by atoms with Crippen molar-refractivity contribution in [3.8, 4) is 17.9 Å². The standard InChI is InChI=1S/C24H19Cl2NO/c1-24(19-4-2-3-5-19)13-18-12-17(21(25)22(26)20(18)23(24)28)11-10-15-6-8-16(14-27)9-7-15/h6-9,12,19H,2-5,13H2,1H3. The molecule has 0 radical (unpaired) electrons. The van der Waals surface area contributed by atoms with Crippen LogP contribution >= 0.6 is 23.2 Å². The predicted molar refractivity (Wildman–Crippen MR) is 112 cm³/mol. The summed E-state index contributed by atoms with van der Waals surface area (Å²) in [5, 5.41) is 9.56. The second-order valence-electron chi connectivity index (χ2n) is 7.93. The highest BCUT2D eigenvalue weighted by atomic mass is 35.5. The van der Waals surface area contributed by atoms with E-state index >= 15 is 0 Å². The maximum Gasteiger partial charge on any atom is 0.171 e. The largest absolute Gasteiger partial charge is 0.293 e. The maximum atomic E-state index is 13.2. The Balaban J connectivity index is 1.70. The van der Waals surface area contributed by atoms with Crippen molar-refractivity contribution in [3.05, 3.63) is 68.2 Å². The Kier molecular flexibility index (Phi) is 4.96. The van der Waals surface area contributed by atoms with Gasteiger partial charge in [-0.25, -0.2) is 0 Å². The number of hydrogen-bond donors (Lipinski definition) is 0. The zero-order chi connectivity index (χ0) is 19.9. The fourth-order valence-corrected chi connectivity index (χ4v) is 5.08. The molecule has 4 heteroatoms. The first-order valence-corrected chi connectivity index (χ1v) is 10.3.